The molecule has 20 heavy (non-hydrogen) atoms. The summed E-state index contributed by atoms with van der Waals surface area (Å²) < 4.78 is 0. The van der Waals surface area contributed by atoms with E-state index in [9.17, 15) is 14.7 Å². The van der Waals surface area contributed by atoms with E-state index in [1.807, 2.05) is 0 Å². The highest BCUT2D eigenvalue weighted by Crippen LogP contribution is 2.23. The summed E-state index contributed by atoms with van der Waals surface area (Å²) in [5.74, 6) is -0.184. The second kappa shape index (κ2) is 4.74. The van der Waals surface area contributed by atoms with Gasteiger partial charge in [-0.2, -0.15) is 0 Å². The highest BCUT2D eigenvalue weighted by molar-refractivity contribution is 6.53. The zero-order chi connectivity index (χ0) is 14.1. The first-order valence-electron chi connectivity index (χ1n) is 6.18. The lowest BCUT2D eigenvalue weighted by molar-refractivity contribution is 0.0965. The molecule has 2 aromatic rings. The number of aliphatic imine (C=N–C) groups is 1. The molecular formula is C16H11NO3. The first kappa shape index (κ1) is 12.3. The third-order valence-corrected chi connectivity index (χ3v) is 3.18. The van der Waals surface area contributed by atoms with Crippen LogP contribution in [0.4, 0.5) is 5.69 Å². The van der Waals surface area contributed by atoms with Gasteiger partial charge in [-0.1, -0.05) is 24.3 Å². The smallest absolute Gasteiger partial charge is 0.208 e. The molecule has 1 aliphatic rings. The van der Waals surface area contributed by atoms with E-state index in [4.69, 9.17) is 0 Å². The lowest BCUT2D eigenvalue weighted by Crippen LogP contribution is -2.26. The Labute approximate surface area is 115 Å². The van der Waals surface area contributed by atoms with E-state index in [1.54, 1.807) is 36.4 Å². The van der Waals surface area contributed by atoms with Gasteiger partial charge >= 0.3 is 0 Å². The summed E-state index contributed by atoms with van der Waals surface area (Å²) >= 11 is 0. The number of Topliss-reactive ketones (excluding diaryl/α,β-unsaturated/α-hetero) is 2. The lowest BCUT2D eigenvalue weighted by Gasteiger charge is -2.15. The van der Waals surface area contributed by atoms with Crippen LogP contribution in [0.15, 0.2) is 53.5 Å². The average molecular weight is 265 g/mol. The van der Waals surface area contributed by atoms with E-state index >= 15 is 0 Å². The third kappa shape index (κ3) is 2.12. The monoisotopic (exact) mass is 265 g/mol. The Balaban J connectivity index is 2.03. The zero-order valence-corrected chi connectivity index (χ0v) is 10.5. The maximum Gasteiger partial charge on any atom is 0.208 e. The maximum atomic E-state index is 12.3. The van der Waals surface area contributed by atoms with Crippen molar-refractivity contribution in [3.05, 3.63) is 59.7 Å². The van der Waals surface area contributed by atoms with Crippen molar-refractivity contribution in [2.45, 2.75) is 6.42 Å². The molecule has 3 rings (SSSR count). The van der Waals surface area contributed by atoms with Gasteiger partial charge in [0.05, 0.1) is 17.8 Å². The van der Waals surface area contributed by atoms with Gasteiger partial charge in [-0.25, -0.2) is 4.99 Å². The van der Waals surface area contributed by atoms with Crippen molar-refractivity contribution in [1.29, 1.82) is 0 Å². The van der Waals surface area contributed by atoms with Gasteiger partial charge in [-0.3, -0.25) is 9.59 Å². The predicted octanol–water partition coefficient (Wildman–Crippen LogP) is 2.93. The minimum Gasteiger partial charge on any atom is -0.508 e. The van der Waals surface area contributed by atoms with Crippen molar-refractivity contribution in [3.63, 3.8) is 0 Å². The largest absolute Gasteiger partial charge is 0.508 e. The summed E-state index contributed by atoms with van der Waals surface area (Å²) in [6.45, 7) is 0. The molecule has 0 spiro atoms. The van der Waals surface area contributed by atoms with E-state index in [0.717, 1.165) is 0 Å². The molecule has 0 aromatic heterocycles. The minimum atomic E-state index is -0.215. The number of phenolic OH excluding ortho intramolecular Hbond substituents is 1. The topological polar surface area (TPSA) is 66.7 Å². The Bertz CT molecular complexity index is 730. The molecule has 0 saturated heterocycles. The fourth-order valence-corrected chi connectivity index (χ4v) is 2.18. The fourth-order valence-electron chi connectivity index (χ4n) is 2.18. The Morgan fingerprint density at radius 3 is 2.25 bits per heavy atom. The molecule has 98 valence electrons. The quantitative estimate of drug-likeness (QED) is 0.862. The van der Waals surface area contributed by atoms with E-state index in [1.165, 1.54) is 12.1 Å². The Hall–Kier alpha value is -2.75. The fraction of sp³-hybridized carbons (Fsp3) is 0.0625. The molecule has 0 atom stereocenters. The number of nitrogens with zero attached hydrogens (tertiary/aromatic N) is 1. The normalized spacial score (nSPS) is 16.3. The zero-order valence-electron chi connectivity index (χ0n) is 10.5. The summed E-state index contributed by atoms with van der Waals surface area (Å²) in [6, 6.07) is 12.9. The van der Waals surface area contributed by atoms with Crippen LogP contribution in [0.5, 0.6) is 5.75 Å². The highest BCUT2D eigenvalue weighted by atomic mass is 16.3. The van der Waals surface area contributed by atoms with Gasteiger partial charge < -0.3 is 5.11 Å². The van der Waals surface area contributed by atoms with Crippen molar-refractivity contribution in [3.8, 4) is 5.75 Å². The summed E-state index contributed by atoms with van der Waals surface area (Å²) in [5.41, 5.74) is 1.64. The first-order valence-corrected chi connectivity index (χ1v) is 6.18. The van der Waals surface area contributed by atoms with Crippen molar-refractivity contribution < 1.29 is 14.7 Å². The number of aromatic hydroxyl groups is 1. The number of benzene rings is 2. The van der Waals surface area contributed by atoms with Gasteiger partial charge in [0.15, 0.2) is 5.78 Å². The Morgan fingerprint density at radius 1 is 0.900 bits per heavy atom. The summed E-state index contributed by atoms with van der Waals surface area (Å²) in [6.07, 6.45) is 0.0106. The predicted molar refractivity (Wildman–Crippen MR) is 74.9 cm³/mol. The Kier molecular flexibility index (Phi) is 2.91. The number of phenols is 1. The molecule has 0 radical (unpaired) electrons. The molecule has 4 nitrogen and oxygen atoms in total. The number of hydrogen-bond donors (Lipinski definition) is 1. The lowest BCUT2D eigenvalue weighted by atomic mass is 9.88. The van der Waals surface area contributed by atoms with Crippen molar-refractivity contribution >= 4 is 23.0 Å². The molecule has 4 heteroatoms. The molecule has 0 saturated carbocycles. The number of hydrogen-bond acceptors (Lipinski definition) is 4. The van der Waals surface area contributed by atoms with E-state index in [-0.39, 0.29) is 29.4 Å². The molecule has 0 bridgehead atoms. The number of ketones is 2. The van der Waals surface area contributed by atoms with Gasteiger partial charge in [0, 0.05) is 11.1 Å². The van der Waals surface area contributed by atoms with Gasteiger partial charge in [-0.05, 0) is 24.3 Å². The van der Waals surface area contributed by atoms with Crippen molar-refractivity contribution in [1.82, 2.24) is 0 Å². The molecular weight excluding hydrogens is 254 g/mol. The van der Waals surface area contributed by atoms with Crippen LogP contribution < -0.4 is 0 Å². The van der Waals surface area contributed by atoms with Gasteiger partial charge in [0.1, 0.15) is 5.75 Å². The Morgan fingerprint density at radius 2 is 1.55 bits per heavy atom. The maximum absolute atomic E-state index is 12.3. The molecule has 0 aliphatic heterocycles. The standard InChI is InChI=1S/C16H11NO3/c18-11-7-5-10(6-8-11)17-14-9-15(19)12-3-1-2-4-13(12)16(14)20/h1-8,18H,9H2. The SMILES string of the molecule is O=C1CC(=Nc2ccc(O)cc2)C(=O)c2ccccc21. The summed E-state index contributed by atoms with van der Waals surface area (Å²) in [7, 11) is 0. The van der Waals surface area contributed by atoms with Gasteiger partial charge in [-0.15, -0.1) is 0 Å². The number of carbonyl (C=O) groups excluding carboxylic acids is 2. The van der Waals surface area contributed by atoms with Crippen LogP contribution in [-0.4, -0.2) is 22.4 Å². The molecule has 0 fully saturated rings. The van der Waals surface area contributed by atoms with Crippen LogP contribution in [0.2, 0.25) is 0 Å². The van der Waals surface area contributed by atoms with Crippen molar-refractivity contribution in [2.75, 3.05) is 0 Å². The molecule has 1 N–H and O–H groups in total. The van der Waals surface area contributed by atoms with Crippen LogP contribution in [0.1, 0.15) is 27.1 Å². The molecule has 0 unspecified atom stereocenters. The van der Waals surface area contributed by atoms with E-state index in [0.29, 0.717) is 16.8 Å². The van der Waals surface area contributed by atoms with Crippen LogP contribution in [-0.2, 0) is 0 Å². The summed E-state index contributed by atoms with van der Waals surface area (Å²) in [5, 5.41) is 9.22. The summed E-state index contributed by atoms with van der Waals surface area (Å²) in [4.78, 5) is 28.5. The van der Waals surface area contributed by atoms with Crippen LogP contribution in [0.3, 0.4) is 0 Å². The third-order valence-electron chi connectivity index (χ3n) is 3.18. The van der Waals surface area contributed by atoms with Crippen LogP contribution >= 0.6 is 0 Å². The van der Waals surface area contributed by atoms with E-state index in [2.05, 4.69) is 4.99 Å². The highest BCUT2D eigenvalue weighted by Gasteiger charge is 2.28. The second-order valence-electron chi connectivity index (χ2n) is 4.55. The van der Waals surface area contributed by atoms with Gasteiger partial charge in [0.2, 0.25) is 5.78 Å². The van der Waals surface area contributed by atoms with Gasteiger partial charge in [0.25, 0.3) is 0 Å². The molecule has 2 aromatic carbocycles. The number of rotatable bonds is 1. The molecule has 0 amide bonds. The minimum absolute atomic E-state index is 0.0106. The molecule has 0 heterocycles. The first-order chi connectivity index (χ1) is 9.65. The van der Waals surface area contributed by atoms with Crippen LogP contribution in [0, 0.1) is 0 Å². The average Bonchev–Trinajstić information content (AvgIpc) is 2.47. The molecule has 1 aliphatic carbocycles. The van der Waals surface area contributed by atoms with Crippen molar-refractivity contribution in [2.24, 2.45) is 4.99 Å². The second-order valence-corrected chi connectivity index (χ2v) is 4.55. The van der Waals surface area contributed by atoms with E-state index < -0.39 is 0 Å². The van der Waals surface area contributed by atoms with Crippen LogP contribution in [0.25, 0.3) is 0 Å². The number of carbonyl (C=O) groups is 2. The number of fused-ring (bicyclic) bond motifs is 1.